The van der Waals surface area contributed by atoms with Gasteiger partial charge < -0.3 is 14.8 Å². The van der Waals surface area contributed by atoms with Crippen molar-refractivity contribution in [2.75, 3.05) is 0 Å². The van der Waals surface area contributed by atoms with Gasteiger partial charge in [-0.15, -0.1) is 0 Å². The Bertz CT molecular complexity index is 395. The third kappa shape index (κ3) is 4.57. The minimum Gasteiger partial charge on any atom is -0.445 e. The van der Waals surface area contributed by atoms with Gasteiger partial charge in [0.15, 0.2) is 0 Å². The van der Waals surface area contributed by atoms with Gasteiger partial charge >= 0.3 is 6.09 Å². The first kappa shape index (κ1) is 14.2. The maximum Gasteiger partial charge on any atom is 0.408 e. The molecule has 1 amide bonds. The maximum atomic E-state index is 11.5. The van der Waals surface area contributed by atoms with Crippen molar-refractivity contribution in [3.63, 3.8) is 0 Å². The van der Waals surface area contributed by atoms with Crippen molar-refractivity contribution in [3.8, 4) is 0 Å². The van der Waals surface area contributed by atoms with E-state index in [-0.39, 0.29) is 12.0 Å². The Kier molecular flexibility index (Phi) is 4.89. The molecule has 1 N–H and O–H groups in total. The van der Waals surface area contributed by atoms with Gasteiger partial charge in [-0.25, -0.2) is 4.79 Å². The van der Waals surface area contributed by atoms with Crippen LogP contribution >= 0.6 is 0 Å². The van der Waals surface area contributed by atoms with Crippen LogP contribution in [0.15, 0.2) is 30.3 Å². The van der Waals surface area contributed by atoms with Crippen molar-refractivity contribution < 1.29 is 14.3 Å². The van der Waals surface area contributed by atoms with Gasteiger partial charge in [0.05, 0.1) is 6.04 Å². The largest absolute Gasteiger partial charge is 0.445 e. The molecule has 18 heavy (non-hydrogen) atoms. The average Bonchev–Trinajstić information content (AvgIpc) is 2.33. The van der Waals surface area contributed by atoms with E-state index in [1.165, 1.54) is 0 Å². The first-order chi connectivity index (χ1) is 8.43. The Morgan fingerprint density at radius 1 is 1.33 bits per heavy atom. The van der Waals surface area contributed by atoms with Crippen molar-refractivity contribution in [1.82, 2.24) is 5.32 Å². The number of carbonyl (C=O) groups is 2. The van der Waals surface area contributed by atoms with Crippen molar-refractivity contribution in [1.29, 1.82) is 0 Å². The second-order valence-corrected chi connectivity index (χ2v) is 5.19. The SMILES string of the molecule is CC(C)(C)C(C=O)NC(=O)OCc1ccccc1. The number of rotatable bonds is 4. The Morgan fingerprint density at radius 3 is 2.44 bits per heavy atom. The van der Waals surface area contributed by atoms with Gasteiger partial charge in [0.2, 0.25) is 0 Å². The van der Waals surface area contributed by atoms with E-state index in [4.69, 9.17) is 4.74 Å². The van der Waals surface area contributed by atoms with Gasteiger partial charge in [0.25, 0.3) is 0 Å². The Balaban J connectivity index is 2.45. The molecule has 0 aliphatic carbocycles. The lowest BCUT2D eigenvalue weighted by molar-refractivity contribution is -0.111. The normalized spacial score (nSPS) is 12.6. The number of amides is 1. The van der Waals surface area contributed by atoms with Crippen LogP contribution in [0.25, 0.3) is 0 Å². The molecule has 0 bridgehead atoms. The monoisotopic (exact) mass is 249 g/mol. The highest BCUT2D eigenvalue weighted by Crippen LogP contribution is 2.17. The molecule has 1 unspecified atom stereocenters. The third-order valence-electron chi connectivity index (χ3n) is 2.56. The van der Waals surface area contributed by atoms with Crippen LogP contribution in [-0.4, -0.2) is 18.4 Å². The second kappa shape index (κ2) is 6.19. The van der Waals surface area contributed by atoms with Gasteiger partial charge in [-0.05, 0) is 11.0 Å². The predicted molar refractivity (Wildman–Crippen MR) is 69.1 cm³/mol. The fourth-order valence-corrected chi connectivity index (χ4v) is 1.35. The molecule has 0 spiro atoms. The zero-order valence-electron chi connectivity index (χ0n) is 11.0. The molecule has 0 fully saturated rings. The van der Waals surface area contributed by atoms with E-state index in [9.17, 15) is 9.59 Å². The first-order valence-corrected chi connectivity index (χ1v) is 5.86. The van der Waals surface area contributed by atoms with Crippen LogP contribution in [-0.2, 0) is 16.1 Å². The summed E-state index contributed by atoms with van der Waals surface area (Å²) in [4.78, 5) is 22.4. The van der Waals surface area contributed by atoms with Crippen molar-refractivity contribution in [2.24, 2.45) is 5.41 Å². The number of nitrogens with one attached hydrogen (secondary N) is 1. The molecule has 0 radical (unpaired) electrons. The van der Waals surface area contributed by atoms with Crippen LogP contribution in [0.2, 0.25) is 0 Å². The molecule has 0 aliphatic heterocycles. The van der Waals surface area contributed by atoms with Gasteiger partial charge in [-0.2, -0.15) is 0 Å². The van der Waals surface area contributed by atoms with Crippen molar-refractivity contribution >= 4 is 12.4 Å². The fourth-order valence-electron chi connectivity index (χ4n) is 1.35. The number of hydrogen-bond donors (Lipinski definition) is 1. The fraction of sp³-hybridized carbons (Fsp3) is 0.429. The molecule has 0 saturated carbocycles. The summed E-state index contributed by atoms with van der Waals surface area (Å²) >= 11 is 0. The average molecular weight is 249 g/mol. The number of hydrogen-bond acceptors (Lipinski definition) is 3. The van der Waals surface area contributed by atoms with Crippen LogP contribution in [0.4, 0.5) is 4.79 Å². The van der Waals surface area contributed by atoms with E-state index >= 15 is 0 Å². The highest BCUT2D eigenvalue weighted by atomic mass is 16.5. The molecule has 4 heteroatoms. The van der Waals surface area contributed by atoms with E-state index in [1.807, 2.05) is 51.1 Å². The van der Waals surface area contributed by atoms with Crippen LogP contribution in [0, 0.1) is 5.41 Å². The molecule has 1 aromatic rings. The summed E-state index contributed by atoms with van der Waals surface area (Å²) in [6.45, 7) is 5.83. The molecule has 1 aromatic carbocycles. The summed E-state index contributed by atoms with van der Waals surface area (Å²) in [6, 6.07) is 8.83. The van der Waals surface area contributed by atoms with E-state index in [1.54, 1.807) is 0 Å². The maximum absolute atomic E-state index is 11.5. The molecule has 1 rings (SSSR count). The standard InChI is InChI=1S/C14H19NO3/c1-14(2,3)12(9-16)15-13(17)18-10-11-7-5-4-6-8-11/h4-9,12H,10H2,1-3H3,(H,15,17). The molecule has 0 aromatic heterocycles. The summed E-state index contributed by atoms with van der Waals surface area (Å²) < 4.78 is 5.05. The molecule has 0 aliphatic rings. The Labute approximate surface area is 107 Å². The molecule has 4 nitrogen and oxygen atoms in total. The smallest absolute Gasteiger partial charge is 0.408 e. The lowest BCUT2D eigenvalue weighted by Crippen LogP contribution is -2.45. The van der Waals surface area contributed by atoms with Crippen molar-refractivity contribution in [2.45, 2.75) is 33.4 Å². The van der Waals surface area contributed by atoms with Gasteiger partial charge in [0.1, 0.15) is 12.9 Å². The summed E-state index contributed by atoms with van der Waals surface area (Å²) in [5.41, 5.74) is 0.583. The topological polar surface area (TPSA) is 55.4 Å². The number of ether oxygens (including phenoxy) is 1. The number of aldehydes is 1. The lowest BCUT2D eigenvalue weighted by atomic mass is 9.88. The van der Waals surface area contributed by atoms with Gasteiger partial charge in [0, 0.05) is 0 Å². The summed E-state index contributed by atoms with van der Waals surface area (Å²) in [5, 5.41) is 2.55. The predicted octanol–water partition coefficient (Wildman–Crippen LogP) is 2.53. The molecule has 1 atom stereocenters. The summed E-state index contributed by atoms with van der Waals surface area (Å²) in [7, 11) is 0. The molecular formula is C14H19NO3. The highest BCUT2D eigenvalue weighted by molar-refractivity contribution is 5.73. The first-order valence-electron chi connectivity index (χ1n) is 5.86. The van der Waals surface area contributed by atoms with E-state index in [2.05, 4.69) is 5.32 Å². The molecule has 0 heterocycles. The zero-order valence-corrected chi connectivity index (χ0v) is 11.0. The van der Waals surface area contributed by atoms with Gasteiger partial charge in [-0.3, -0.25) is 0 Å². The number of benzene rings is 1. The van der Waals surface area contributed by atoms with Crippen LogP contribution < -0.4 is 5.32 Å². The second-order valence-electron chi connectivity index (χ2n) is 5.19. The lowest BCUT2D eigenvalue weighted by Gasteiger charge is -2.26. The number of alkyl carbamates (subject to hydrolysis) is 1. The summed E-state index contributed by atoms with van der Waals surface area (Å²) in [6.07, 6.45) is 0.148. The third-order valence-corrected chi connectivity index (χ3v) is 2.56. The minimum atomic E-state index is -0.578. The molecule has 98 valence electrons. The van der Waals surface area contributed by atoms with Crippen LogP contribution in [0.3, 0.4) is 0 Å². The number of carbonyl (C=O) groups excluding carboxylic acids is 2. The van der Waals surface area contributed by atoms with Crippen molar-refractivity contribution in [3.05, 3.63) is 35.9 Å². The van der Waals surface area contributed by atoms with Crippen LogP contribution in [0.1, 0.15) is 26.3 Å². The Hall–Kier alpha value is -1.84. The summed E-state index contributed by atoms with van der Waals surface area (Å²) in [5.74, 6) is 0. The van der Waals surface area contributed by atoms with E-state index < -0.39 is 12.1 Å². The quantitative estimate of drug-likeness (QED) is 0.834. The molecule has 0 saturated heterocycles. The highest BCUT2D eigenvalue weighted by Gasteiger charge is 2.26. The van der Waals surface area contributed by atoms with Gasteiger partial charge in [-0.1, -0.05) is 51.1 Å². The Morgan fingerprint density at radius 2 is 1.94 bits per heavy atom. The zero-order chi connectivity index (χ0) is 13.6. The van der Waals surface area contributed by atoms with E-state index in [0.717, 1.165) is 11.8 Å². The molecular weight excluding hydrogens is 230 g/mol. The minimum absolute atomic E-state index is 0.197. The van der Waals surface area contributed by atoms with Crippen LogP contribution in [0.5, 0.6) is 0 Å². The van der Waals surface area contributed by atoms with E-state index in [0.29, 0.717) is 0 Å².